The van der Waals surface area contributed by atoms with Crippen LogP contribution in [-0.2, 0) is 13.1 Å². The summed E-state index contributed by atoms with van der Waals surface area (Å²) in [5, 5.41) is 10.9. The summed E-state index contributed by atoms with van der Waals surface area (Å²) >= 11 is 3.39. The van der Waals surface area contributed by atoms with Gasteiger partial charge in [-0.05, 0) is 27.6 Å². The first kappa shape index (κ1) is 11.2. The molecule has 0 aliphatic carbocycles. The lowest BCUT2D eigenvalue weighted by atomic mass is 10.3. The predicted octanol–water partition coefficient (Wildman–Crippen LogP) is 1.23. The number of nitrogens with one attached hydrogen (secondary N) is 1. The minimum atomic E-state index is 0.807. The molecule has 0 aliphatic rings. The molecule has 0 radical (unpaired) electrons. The summed E-state index contributed by atoms with van der Waals surface area (Å²) in [7, 11) is 0. The van der Waals surface area contributed by atoms with Crippen LogP contribution in [0.1, 0.15) is 5.56 Å². The Morgan fingerprint density at radius 3 is 3.06 bits per heavy atom. The summed E-state index contributed by atoms with van der Waals surface area (Å²) in [4.78, 5) is 4.10. The van der Waals surface area contributed by atoms with E-state index in [1.165, 1.54) is 0 Å². The van der Waals surface area contributed by atoms with Crippen LogP contribution in [0.5, 0.6) is 0 Å². The average Bonchev–Trinajstić information content (AvgIpc) is 2.77. The van der Waals surface area contributed by atoms with Crippen LogP contribution in [-0.4, -0.2) is 26.5 Å². The Bertz CT molecular complexity index is 429. The highest BCUT2D eigenvalue weighted by atomic mass is 79.9. The van der Waals surface area contributed by atoms with Gasteiger partial charge in [0.15, 0.2) is 0 Å². The molecule has 0 aliphatic heterocycles. The summed E-state index contributed by atoms with van der Waals surface area (Å²) in [6, 6.07) is 2.05. The van der Waals surface area contributed by atoms with E-state index in [9.17, 15) is 0 Å². The molecular weight excluding hydrogens is 270 g/mol. The van der Waals surface area contributed by atoms with E-state index in [-0.39, 0.29) is 0 Å². The number of hydrogen-bond acceptors (Lipinski definition) is 4. The van der Waals surface area contributed by atoms with Crippen molar-refractivity contribution in [1.29, 1.82) is 0 Å². The molecule has 2 aromatic rings. The maximum absolute atomic E-state index is 4.10. The van der Waals surface area contributed by atoms with Gasteiger partial charge in [0.2, 0.25) is 0 Å². The molecule has 0 atom stereocenters. The van der Waals surface area contributed by atoms with Gasteiger partial charge in [-0.25, -0.2) is 0 Å². The lowest BCUT2D eigenvalue weighted by molar-refractivity contribution is 0.540. The van der Waals surface area contributed by atoms with E-state index >= 15 is 0 Å². The normalized spacial score (nSPS) is 10.6. The van der Waals surface area contributed by atoms with Crippen LogP contribution in [0.3, 0.4) is 0 Å². The third-order valence-electron chi connectivity index (χ3n) is 2.08. The molecule has 0 saturated heterocycles. The van der Waals surface area contributed by atoms with Crippen LogP contribution in [0.15, 0.2) is 35.3 Å². The molecule has 5 nitrogen and oxygen atoms in total. The molecule has 2 heterocycles. The quantitative estimate of drug-likeness (QED) is 0.838. The molecule has 0 saturated carbocycles. The number of pyridine rings is 1. The van der Waals surface area contributed by atoms with E-state index in [2.05, 4.69) is 42.6 Å². The fraction of sp³-hybridized carbons (Fsp3) is 0.300. The van der Waals surface area contributed by atoms with E-state index in [1.54, 1.807) is 17.1 Å². The first-order valence-electron chi connectivity index (χ1n) is 4.99. The highest BCUT2D eigenvalue weighted by molar-refractivity contribution is 9.10. The van der Waals surface area contributed by atoms with Gasteiger partial charge < -0.3 is 5.32 Å². The zero-order valence-electron chi connectivity index (χ0n) is 8.67. The fourth-order valence-corrected chi connectivity index (χ4v) is 1.74. The van der Waals surface area contributed by atoms with Gasteiger partial charge in [0.1, 0.15) is 0 Å². The molecule has 0 spiro atoms. The van der Waals surface area contributed by atoms with Crippen LogP contribution < -0.4 is 5.32 Å². The maximum Gasteiger partial charge on any atom is 0.0692 e. The zero-order chi connectivity index (χ0) is 11.2. The Balaban J connectivity index is 1.72. The van der Waals surface area contributed by atoms with Gasteiger partial charge in [-0.1, -0.05) is 5.21 Å². The number of nitrogens with zero attached hydrogens (tertiary/aromatic N) is 4. The van der Waals surface area contributed by atoms with Gasteiger partial charge in [-0.2, -0.15) is 0 Å². The van der Waals surface area contributed by atoms with E-state index in [1.807, 2.05) is 12.4 Å². The lowest BCUT2D eigenvalue weighted by Crippen LogP contribution is -2.19. The van der Waals surface area contributed by atoms with Gasteiger partial charge in [-0.15, -0.1) is 5.10 Å². The molecule has 0 amide bonds. The highest BCUT2D eigenvalue weighted by Crippen LogP contribution is 2.08. The van der Waals surface area contributed by atoms with Gasteiger partial charge in [0.25, 0.3) is 0 Å². The minimum Gasteiger partial charge on any atom is -0.311 e. The molecule has 0 unspecified atom stereocenters. The van der Waals surface area contributed by atoms with Crippen molar-refractivity contribution in [1.82, 2.24) is 25.3 Å². The Hall–Kier alpha value is -1.27. The number of halogens is 1. The Morgan fingerprint density at radius 1 is 1.38 bits per heavy atom. The average molecular weight is 282 g/mol. The second-order valence-electron chi connectivity index (χ2n) is 3.35. The summed E-state index contributed by atoms with van der Waals surface area (Å²) in [5.74, 6) is 0. The van der Waals surface area contributed by atoms with Crippen LogP contribution in [0.25, 0.3) is 0 Å². The fourth-order valence-electron chi connectivity index (χ4n) is 1.33. The van der Waals surface area contributed by atoms with Crippen molar-refractivity contribution in [2.45, 2.75) is 13.1 Å². The molecule has 0 aromatic carbocycles. The Kier molecular flexibility index (Phi) is 4.01. The monoisotopic (exact) mass is 281 g/mol. The molecule has 84 valence electrons. The van der Waals surface area contributed by atoms with Gasteiger partial charge in [-0.3, -0.25) is 9.67 Å². The summed E-state index contributed by atoms with van der Waals surface area (Å²) in [6.45, 7) is 2.48. The third-order valence-corrected chi connectivity index (χ3v) is 2.51. The molecule has 0 fully saturated rings. The standard InChI is InChI=1S/C10H12BrN5/c11-10-5-9(7-13-8-10)6-12-1-3-16-4-2-14-15-16/h2,4-5,7-8,12H,1,3,6H2. The Labute approximate surface area is 102 Å². The largest absolute Gasteiger partial charge is 0.311 e. The van der Waals surface area contributed by atoms with Crippen molar-refractivity contribution < 1.29 is 0 Å². The summed E-state index contributed by atoms with van der Waals surface area (Å²) in [6.07, 6.45) is 7.16. The van der Waals surface area contributed by atoms with Crippen molar-refractivity contribution in [2.75, 3.05) is 6.54 Å². The van der Waals surface area contributed by atoms with Crippen LogP contribution in [0, 0.1) is 0 Å². The van der Waals surface area contributed by atoms with Gasteiger partial charge in [0.05, 0.1) is 12.7 Å². The molecule has 16 heavy (non-hydrogen) atoms. The van der Waals surface area contributed by atoms with Crippen LogP contribution >= 0.6 is 15.9 Å². The highest BCUT2D eigenvalue weighted by Gasteiger charge is 1.95. The molecule has 2 rings (SSSR count). The van der Waals surface area contributed by atoms with E-state index in [4.69, 9.17) is 0 Å². The minimum absolute atomic E-state index is 0.807. The molecule has 6 heteroatoms. The first-order valence-corrected chi connectivity index (χ1v) is 5.78. The maximum atomic E-state index is 4.10. The molecule has 2 aromatic heterocycles. The number of hydrogen-bond donors (Lipinski definition) is 1. The summed E-state index contributed by atoms with van der Waals surface area (Å²) < 4.78 is 2.80. The van der Waals surface area contributed by atoms with E-state index in [0.717, 1.165) is 29.7 Å². The predicted molar refractivity (Wildman–Crippen MR) is 63.7 cm³/mol. The first-order chi connectivity index (χ1) is 7.84. The van der Waals surface area contributed by atoms with Crippen LogP contribution in [0.2, 0.25) is 0 Å². The summed E-state index contributed by atoms with van der Waals surface area (Å²) in [5.41, 5.74) is 1.16. The van der Waals surface area contributed by atoms with Crippen LogP contribution in [0.4, 0.5) is 0 Å². The van der Waals surface area contributed by atoms with Crippen molar-refractivity contribution >= 4 is 15.9 Å². The zero-order valence-corrected chi connectivity index (χ0v) is 10.3. The number of aromatic nitrogens is 4. The molecule has 0 bridgehead atoms. The smallest absolute Gasteiger partial charge is 0.0692 e. The third kappa shape index (κ3) is 3.39. The number of rotatable bonds is 5. The second kappa shape index (κ2) is 5.72. The van der Waals surface area contributed by atoms with E-state index < -0.39 is 0 Å². The van der Waals surface area contributed by atoms with E-state index in [0.29, 0.717) is 0 Å². The van der Waals surface area contributed by atoms with Crippen molar-refractivity contribution in [3.8, 4) is 0 Å². The molecular formula is C10H12BrN5. The topological polar surface area (TPSA) is 55.6 Å². The molecule has 1 N–H and O–H groups in total. The lowest BCUT2D eigenvalue weighted by Gasteiger charge is -2.04. The van der Waals surface area contributed by atoms with Crippen molar-refractivity contribution in [3.05, 3.63) is 40.9 Å². The van der Waals surface area contributed by atoms with Crippen molar-refractivity contribution in [2.24, 2.45) is 0 Å². The van der Waals surface area contributed by atoms with Gasteiger partial charge >= 0.3 is 0 Å². The van der Waals surface area contributed by atoms with Crippen molar-refractivity contribution in [3.63, 3.8) is 0 Å². The SMILES string of the molecule is Brc1cncc(CNCCn2ccnn2)c1. The van der Waals surface area contributed by atoms with Gasteiger partial charge in [0, 0.05) is 36.2 Å². The second-order valence-corrected chi connectivity index (χ2v) is 4.27. The Morgan fingerprint density at radius 2 is 2.31 bits per heavy atom.